The lowest BCUT2D eigenvalue weighted by Gasteiger charge is -2.12. The van der Waals surface area contributed by atoms with Crippen LogP contribution < -0.4 is 5.43 Å². The quantitative estimate of drug-likeness (QED) is 0.639. The molecule has 0 aliphatic carbocycles. The van der Waals surface area contributed by atoms with Gasteiger partial charge in [-0.1, -0.05) is 0 Å². The van der Waals surface area contributed by atoms with Crippen LogP contribution >= 0.6 is 0 Å². The van der Waals surface area contributed by atoms with E-state index in [1.54, 1.807) is 31.2 Å². The minimum atomic E-state index is -0.234. The number of amides is 1. The van der Waals surface area contributed by atoms with Gasteiger partial charge in [0, 0.05) is 31.8 Å². The van der Waals surface area contributed by atoms with Crippen molar-refractivity contribution in [3.63, 3.8) is 0 Å². The molecule has 134 valence electrons. The molecule has 0 unspecified atom stereocenters. The van der Waals surface area contributed by atoms with Crippen molar-refractivity contribution in [1.82, 2.24) is 20.2 Å². The average molecular weight is 344 g/mol. The summed E-state index contributed by atoms with van der Waals surface area (Å²) in [5.41, 5.74) is 7.05. The van der Waals surface area contributed by atoms with Crippen molar-refractivity contribution in [1.29, 1.82) is 0 Å². The molecule has 2 aromatic rings. The maximum absolute atomic E-state index is 12.0. The zero-order chi connectivity index (χ0) is 18.6. The number of aryl methyl sites for hydroxylation is 1. The molecule has 0 radical (unpaired) electrons. The fourth-order valence-electron chi connectivity index (χ4n) is 2.64. The van der Waals surface area contributed by atoms with Crippen molar-refractivity contribution in [2.45, 2.75) is 26.7 Å². The Bertz CT molecular complexity index is 763. The molecule has 1 amide bonds. The molecule has 1 aromatic heterocycles. The van der Waals surface area contributed by atoms with E-state index in [1.807, 2.05) is 30.7 Å². The van der Waals surface area contributed by atoms with Gasteiger partial charge in [0.15, 0.2) is 0 Å². The highest BCUT2D eigenvalue weighted by molar-refractivity contribution is 5.93. The second kappa shape index (κ2) is 7.94. The first-order chi connectivity index (χ1) is 11.8. The summed E-state index contributed by atoms with van der Waals surface area (Å²) in [6, 6.07) is 7.24. The molecule has 0 aliphatic heterocycles. The van der Waals surface area contributed by atoms with Crippen LogP contribution in [0.2, 0.25) is 0 Å². The van der Waals surface area contributed by atoms with Crippen molar-refractivity contribution in [3.05, 3.63) is 46.8 Å². The van der Waals surface area contributed by atoms with E-state index in [2.05, 4.69) is 10.5 Å². The minimum Gasteiger partial charge on any atom is -0.469 e. The Balaban J connectivity index is 2.21. The summed E-state index contributed by atoms with van der Waals surface area (Å²) < 4.78 is 6.53. The fraction of sp³-hybridized carbons (Fsp3) is 0.389. The zero-order valence-corrected chi connectivity index (χ0v) is 15.3. The largest absolute Gasteiger partial charge is 0.469 e. The van der Waals surface area contributed by atoms with E-state index < -0.39 is 0 Å². The van der Waals surface area contributed by atoms with Gasteiger partial charge in [-0.25, -0.2) is 9.69 Å². The Labute approximate surface area is 147 Å². The molecule has 2 rings (SSSR count). The average Bonchev–Trinajstić information content (AvgIpc) is 2.86. The Morgan fingerprint density at radius 2 is 1.84 bits per heavy atom. The number of esters is 1. The van der Waals surface area contributed by atoms with E-state index in [0.29, 0.717) is 18.4 Å². The molecular formula is C18H24N4O3. The Hall–Kier alpha value is -2.67. The molecule has 0 spiro atoms. The van der Waals surface area contributed by atoms with E-state index in [-0.39, 0.29) is 11.9 Å². The monoisotopic (exact) mass is 344 g/mol. The van der Waals surface area contributed by atoms with Gasteiger partial charge >= 0.3 is 5.97 Å². The molecule has 0 saturated carbocycles. The molecule has 0 atom stereocenters. The minimum absolute atomic E-state index is 0.163. The summed E-state index contributed by atoms with van der Waals surface area (Å²) in [4.78, 5) is 23.4. The van der Waals surface area contributed by atoms with Crippen LogP contribution in [0.1, 0.15) is 33.7 Å². The highest BCUT2D eigenvalue weighted by Crippen LogP contribution is 2.20. The van der Waals surface area contributed by atoms with Crippen LogP contribution in [0.5, 0.6) is 0 Å². The summed E-state index contributed by atoms with van der Waals surface area (Å²) >= 11 is 0. The van der Waals surface area contributed by atoms with E-state index in [9.17, 15) is 9.59 Å². The van der Waals surface area contributed by atoms with E-state index in [0.717, 1.165) is 22.6 Å². The molecule has 0 saturated heterocycles. The van der Waals surface area contributed by atoms with Gasteiger partial charge in [-0.2, -0.15) is 5.10 Å². The van der Waals surface area contributed by atoms with Gasteiger partial charge in [0.25, 0.3) is 5.91 Å². The van der Waals surface area contributed by atoms with Crippen molar-refractivity contribution in [2.75, 3.05) is 21.2 Å². The van der Waals surface area contributed by atoms with Crippen LogP contribution in [0.4, 0.5) is 0 Å². The number of rotatable bonds is 6. The number of aromatic nitrogens is 2. The summed E-state index contributed by atoms with van der Waals surface area (Å²) in [6.07, 6.45) is 0.918. The van der Waals surface area contributed by atoms with Gasteiger partial charge in [-0.15, -0.1) is 0 Å². The predicted octanol–water partition coefficient (Wildman–Crippen LogP) is 1.80. The topological polar surface area (TPSA) is 76.5 Å². The standard InChI is InChI=1S/C18H24N4O3/c1-12-16(10-11-17(23)25-5)13(2)22(19-12)15-8-6-14(7-9-15)18(24)20-21(3)4/h6-9H,10-11H2,1-5H3,(H,20,24). The molecule has 0 fully saturated rings. The van der Waals surface area contributed by atoms with Crippen LogP contribution in [-0.2, 0) is 16.0 Å². The highest BCUT2D eigenvalue weighted by Gasteiger charge is 2.15. The third-order valence-electron chi connectivity index (χ3n) is 3.95. The summed E-state index contributed by atoms with van der Waals surface area (Å²) in [7, 11) is 4.91. The third-order valence-corrected chi connectivity index (χ3v) is 3.95. The first kappa shape index (κ1) is 18.7. The van der Waals surface area contributed by atoms with Crippen LogP contribution in [0.25, 0.3) is 5.69 Å². The predicted molar refractivity (Wildman–Crippen MR) is 94.5 cm³/mol. The fourth-order valence-corrected chi connectivity index (χ4v) is 2.64. The van der Waals surface area contributed by atoms with Crippen molar-refractivity contribution < 1.29 is 14.3 Å². The van der Waals surface area contributed by atoms with Crippen molar-refractivity contribution in [2.24, 2.45) is 0 Å². The number of carbonyl (C=O) groups is 2. The molecule has 7 nitrogen and oxygen atoms in total. The molecule has 1 heterocycles. The summed E-state index contributed by atoms with van der Waals surface area (Å²) in [6.45, 7) is 3.90. The van der Waals surface area contributed by atoms with Gasteiger partial charge < -0.3 is 4.74 Å². The number of benzene rings is 1. The molecule has 1 N–H and O–H groups in total. The lowest BCUT2D eigenvalue weighted by Crippen LogP contribution is -2.36. The van der Waals surface area contributed by atoms with Crippen molar-refractivity contribution >= 4 is 11.9 Å². The summed E-state index contributed by atoms with van der Waals surface area (Å²) in [5.74, 6) is -0.397. The number of nitrogens with zero attached hydrogens (tertiary/aromatic N) is 3. The molecule has 0 bridgehead atoms. The van der Waals surface area contributed by atoms with E-state index in [1.165, 1.54) is 7.11 Å². The number of ether oxygens (including phenoxy) is 1. The molecular weight excluding hydrogens is 320 g/mol. The molecule has 1 aromatic carbocycles. The second-order valence-electron chi connectivity index (χ2n) is 6.02. The van der Waals surface area contributed by atoms with Gasteiger partial charge in [-0.3, -0.25) is 15.0 Å². The normalized spacial score (nSPS) is 10.8. The third kappa shape index (κ3) is 4.45. The maximum Gasteiger partial charge on any atom is 0.305 e. The van der Waals surface area contributed by atoms with E-state index in [4.69, 9.17) is 4.74 Å². The Morgan fingerprint density at radius 1 is 1.20 bits per heavy atom. The smallest absolute Gasteiger partial charge is 0.305 e. The van der Waals surface area contributed by atoms with Crippen LogP contribution in [0.15, 0.2) is 24.3 Å². The maximum atomic E-state index is 12.0. The Morgan fingerprint density at radius 3 is 2.40 bits per heavy atom. The number of hydrogen-bond acceptors (Lipinski definition) is 5. The number of nitrogens with one attached hydrogen (secondary N) is 1. The van der Waals surface area contributed by atoms with Gasteiger partial charge in [-0.05, 0) is 50.1 Å². The molecule has 0 aliphatic rings. The molecule has 25 heavy (non-hydrogen) atoms. The number of methoxy groups -OCH3 is 1. The highest BCUT2D eigenvalue weighted by atomic mass is 16.5. The van der Waals surface area contributed by atoms with Crippen LogP contribution in [-0.4, -0.2) is 47.9 Å². The van der Waals surface area contributed by atoms with Gasteiger partial charge in [0.1, 0.15) is 0 Å². The lowest BCUT2D eigenvalue weighted by atomic mass is 10.1. The van der Waals surface area contributed by atoms with Crippen molar-refractivity contribution in [3.8, 4) is 5.69 Å². The summed E-state index contributed by atoms with van der Waals surface area (Å²) in [5, 5.41) is 6.16. The van der Waals surface area contributed by atoms with Crippen LogP contribution in [0.3, 0.4) is 0 Å². The lowest BCUT2D eigenvalue weighted by molar-refractivity contribution is -0.140. The number of hydrazine groups is 1. The Kier molecular flexibility index (Phi) is 5.93. The zero-order valence-electron chi connectivity index (χ0n) is 15.3. The first-order valence-corrected chi connectivity index (χ1v) is 8.04. The van der Waals surface area contributed by atoms with E-state index >= 15 is 0 Å². The molecule has 7 heteroatoms. The second-order valence-corrected chi connectivity index (χ2v) is 6.02. The van der Waals surface area contributed by atoms with Gasteiger partial charge in [0.05, 0.1) is 18.5 Å². The number of carbonyl (C=O) groups excluding carboxylic acids is 2. The first-order valence-electron chi connectivity index (χ1n) is 8.04. The number of hydrogen-bond donors (Lipinski definition) is 1. The SMILES string of the molecule is COC(=O)CCc1c(C)nn(-c2ccc(C(=O)NN(C)C)cc2)c1C. The van der Waals surface area contributed by atoms with Crippen LogP contribution in [0, 0.1) is 13.8 Å². The van der Waals surface area contributed by atoms with Gasteiger partial charge in [0.2, 0.25) is 0 Å².